The van der Waals surface area contributed by atoms with E-state index >= 15 is 0 Å². The van der Waals surface area contributed by atoms with Crippen LogP contribution in [0.1, 0.15) is 271 Å². The van der Waals surface area contributed by atoms with E-state index in [1.54, 1.807) is 0 Å². The van der Waals surface area contributed by atoms with E-state index in [9.17, 15) is 19.8 Å². The quantitative estimate of drug-likeness (QED) is 0.0324. The molecule has 2 unspecified atom stereocenters. The summed E-state index contributed by atoms with van der Waals surface area (Å²) in [5.41, 5.74) is 0. The van der Waals surface area contributed by atoms with E-state index in [-0.39, 0.29) is 18.5 Å². The number of nitrogens with one attached hydrogen (secondary N) is 1. The van der Waals surface area contributed by atoms with Crippen molar-refractivity contribution in [3.63, 3.8) is 0 Å². The summed E-state index contributed by atoms with van der Waals surface area (Å²) < 4.78 is 5.43. The van der Waals surface area contributed by atoms with Crippen LogP contribution < -0.4 is 5.32 Å². The van der Waals surface area contributed by atoms with Gasteiger partial charge in [0, 0.05) is 12.8 Å². The largest absolute Gasteiger partial charge is 0.466 e. The zero-order valence-electron chi connectivity index (χ0n) is 37.6. The van der Waals surface area contributed by atoms with Gasteiger partial charge in [0.05, 0.1) is 25.4 Å². The zero-order chi connectivity index (χ0) is 40.8. The number of amides is 1. The topological polar surface area (TPSA) is 95.9 Å². The number of aliphatic hydroxyl groups is 2. The first-order valence-corrected chi connectivity index (χ1v) is 24.9. The fraction of sp³-hybridized carbons (Fsp3) is 0.920. The molecule has 0 fully saturated rings. The molecule has 6 heteroatoms. The highest BCUT2D eigenvalue weighted by Gasteiger charge is 2.20. The van der Waals surface area contributed by atoms with Crippen LogP contribution in [0, 0.1) is 0 Å². The fourth-order valence-electron chi connectivity index (χ4n) is 7.69. The summed E-state index contributed by atoms with van der Waals surface area (Å²) in [5, 5.41) is 23.2. The van der Waals surface area contributed by atoms with Gasteiger partial charge in [-0.05, 0) is 51.4 Å². The van der Waals surface area contributed by atoms with E-state index < -0.39 is 12.1 Å². The average molecular weight is 792 g/mol. The lowest BCUT2D eigenvalue weighted by Gasteiger charge is -2.22. The molecule has 0 aliphatic rings. The Balaban J connectivity index is 3.49. The van der Waals surface area contributed by atoms with E-state index in [1.165, 1.54) is 180 Å². The first-order chi connectivity index (χ1) is 27.5. The van der Waals surface area contributed by atoms with Crippen LogP contribution in [0.25, 0.3) is 0 Å². The van der Waals surface area contributed by atoms with Crippen molar-refractivity contribution in [1.29, 1.82) is 0 Å². The summed E-state index contributed by atoms with van der Waals surface area (Å²) in [6, 6.07) is -0.557. The molecule has 332 valence electrons. The Hall–Kier alpha value is -1.40. The van der Waals surface area contributed by atoms with E-state index in [4.69, 9.17) is 4.74 Å². The molecule has 0 radical (unpaired) electrons. The van der Waals surface area contributed by atoms with Gasteiger partial charge in [0.1, 0.15) is 0 Å². The molecule has 0 aliphatic carbocycles. The summed E-state index contributed by atoms with van der Waals surface area (Å²) in [6.07, 6.45) is 51.7. The summed E-state index contributed by atoms with van der Waals surface area (Å²) in [5.74, 6) is -0.0854. The molecule has 0 saturated heterocycles. The first kappa shape index (κ1) is 54.6. The predicted octanol–water partition coefficient (Wildman–Crippen LogP) is 14.6. The lowest BCUT2D eigenvalue weighted by molar-refractivity contribution is -0.143. The second-order valence-corrected chi connectivity index (χ2v) is 17.1. The van der Waals surface area contributed by atoms with Crippen molar-refractivity contribution < 1.29 is 24.5 Å². The number of aliphatic hydroxyl groups excluding tert-OH is 2. The highest BCUT2D eigenvalue weighted by Crippen LogP contribution is 2.16. The highest BCUT2D eigenvalue weighted by atomic mass is 16.5. The summed E-state index contributed by atoms with van der Waals surface area (Å²) in [7, 11) is 0. The maximum absolute atomic E-state index is 12.4. The standard InChI is InChI=1S/C50H97NO5/c1-3-5-7-9-11-13-15-17-18-19-20-21-22-26-30-34-38-42-48(53)47(46-52)51-49(54)43-39-35-31-27-24-25-29-33-37-41-45-56-50(55)44-40-36-32-28-23-16-14-12-10-8-6-4-2/h12,14,47-48,52-53H,3-11,13,15-46H2,1-2H3,(H,51,54)/b14-12-. The van der Waals surface area contributed by atoms with Gasteiger partial charge >= 0.3 is 5.97 Å². The minimum atomic E-state index is -0.678. The number of hydrogen-bond acceptors (Lipinski definition) is 5. The molecule has 2 atom stereocenters. The molecule has 0 aromatic rings. The van der Waals surface area contributed by atoms with Crippen molar-refractivity contribution in [3.8, 4) is 0 Å². The molecule has 0 aliphatic heterocycles. The summed E-state index contributed by atoms with van der Waals surface area (Å²) >= 11 is 0. The lowest BCUT2D eigenvalue weighted by Crippen LogP contribution is -2.45. The van der Waals surface area contributed by atoms with Crippen molar-refractivity contribution in [1.82, 2.24) is 5.32 Å². The molecule has 0 aromatic carbocycles. The maximum Gasteiger partial charge on any atom is 0.305 e. The second-order valence-electron chi connectivity index (χ2n) is 17.1. The summed E-state index contributed by atoms with van der Waals surface area (Å²) in [6.45, 7) is 4.88. The van der Waals surface area contributed by atoms with Crippen molar-refractivity contribution in [2.45, 2.75) is 283 Å². The lowest BCUT2D eigenvalue weighted by atomic mass is 10.0. The molecule has 0 heterocycles. The highest BCUT2D eigenvalue weighted by molar-refractivity contribution is 5.76. The van der Waals surface area contributed by atoms with Gasteiger partial charge in [-0.3, -0.25) is 9.59 Å². The molecule has 0 saturated carbocycles. The first-order valence-electron chi connectivity index (χ1n) is 24.9. The second kappa shape index (κ2) is 46.3. The maximum atomic E-state index is 12.4. The number of allylic oxidation sites excluding steroid dienone is 2. The molecular weight excluding hydrogens is 695 g/mol. The Morgan fingerprint density at radius 3 is 1.30 bits per heavy atom. The van der Waals surface area contributed by atoms with Crippen LogP contribution in [-0.2, 0) is 14.3 Å². The molecular formula is C50H97NO5. The van der Waals surface area contributed by atoms with Crippen LogP contribution in [0.2, 0.25) is 0 Å². The Morgan fingerprint density at radius 2 is 0.839 bits per heavy atom. The van der Waals surface area contributed by atoms with Gasteiger partial charge in [-0.2, -0.15) is 0 Å². The van der Waals surface area contributed by atoms with E-state index in [1.807, 2.05) is 0 Å². The molecule has 0 aromatic heterocycles. The molecule has 6 nitrogen and oxygen atoms in total. The number of ether oxygens (including phenoxy) is 1. The van der Waals surface area contributed by atoms with Crippen LogP contribution in [0.5, 0.6) is 0 Å². The van der Waals surface area contributed by atoms with Crippen LogP contribution in [-0.4, -0.2) is 47.4 Å². The van der Waals surface area contributed by atoms with Crippen LogP contribution >= 0.6 is 0 Å². The Labute approximate surface area is 349 Å². The average Bonchev–Trinajstić information content (AvgIpc) is 3.20. The van der Waals surface area contributed by atoms with Gasteiger partial charge in [0.15, 0.2) is 0 Å². The molecule has 3 N–H and O–H groups in total. The minimum absolute atomic E-state index is 0.0285. The summed E-state index contributed by atoms with van der Waals surface area (Å²) in [4.78, 5) is 24.4. The normalized spacial score (nSPS) is 12.7. The zero-order valence-corrected chi connectivity index (χ0v) is 37.6. The van der Waals surface area contributed by atoms with Gasteiger partial charge < -0.3 is 20.3 Å². The fourth-order valence-corrected chi connectivity index (χ4v) is 7.69. The third kappa shape index (κ3) is 42.2. The SMILES string of the molecule is CCCCC/C=C\CCCCCCCC(=O)OCCCCCCCCCCCCC(=O)NC(CO)C(O)CCCCCCCCCCCCCCCCCCC. The Bertz CT molecular complexity index is 832. The number of rotatable bonds is 46. The van der Waals surface area contributed by atoms with Crippen LogP contribution in [0.3, 0.4) is 0 Å². The molecule has 1 amide bonds. The minimum Gasteiger partial charge on any atom is -0.466 e. The van der Waals surface area contributed by atoms with Crippen molar-refractivity contribution >= 4 is 11.9 Å². The third-order valence-electron chi connectivity index (χ3n) is 11.6. The Morgan fingerprint density at radius 1 is 0.482 bits per heavy atom. The van der Waals surface area contributed by atoms with Crippen molar-refractivity contribution in [3.05, 3.63) is 12.2 Å². The number of esters is 1. The van der Waals surface area contributed by atoms with Crippen LogP contribution in [0.4, 0.5) is 0 Å². The van der Waals surface area contributed by atoms with E-state index in [0.29, 0.717) is 25.9 Å². The number of carbonyl (C=O) groups is 2. The van der Waals surface area contributed by atoms with Gasteiger partial charge in [0.25, 0.3) is 0 Å². The molecule has 0 bridgehead atoms. The predicted molar refractivity (Wildman–Crippen MR) is 241 cm³/mol. The molecule has 0 spiro atoms. The smallest absolute Gasteiger partial charge is 0.305 e. The van der Waals surface area contributed by atoms with E-state index in [2.05, 4.69) is 31.3 Å². The van der Waals surface area contributed by atoms with E-state index in [0.717, 1.165) is 57.8 Å². The molecule has 0 rings (SSSR count). The van der Waals surface area contributed by atoms with Crippen molar-refractivity contribution in [2.75, 3.05) is 13.2 Å². The number of hydrogen-bond donors (Lipinski definition) is 3. The van der Waals surface area contributed by atoms with Gasteiger partial charge in [-0.1, -0.05) is 219 Å². The van der Waals surface area contributed by atoms with Crippen molar-refractivity contribution in [2.24, 2.45) is 0 Å². The third-order valence-corrected chi connectivity index (χ3v) is 11.6. The van der Waals surface area contributed by atoms with Gasteiger partial charge in [-0.25, -0.2) is 0 Å². The van der Waals surface area contributed by atoms with Gasteiger partial charge in [0.2, 0.25) is 5.91 Å². The number of unbranched alkanes of at least 4 members (excludes halogenated alkanes) is 33. The number of carbonyl (C=O) groups excluding carboxylic acids is 2. The monoisotopic (exact) mass is 792 g/mol. The Kier molecular flexibility index (Phi) is 45.1. The molecule has 56 heavy (non-hydrogen) atoms. The van der Waals surface area contributed by atoms with Gasteiger partial charge in [-0.15, -0.1) is 0 Å². The van der Waals surface area contributed by atoms with Crippen LogP contribution in [0.15, 0.2) is 12.2 Å².